The molecule has 4 amide bonds. The van der Waals surface area contributed by atoms with E-state index in [0.29, 0.717) is 52.7 Å². The molecule has 0 aliphatic carbocycles. The zero-order valence-electron chi connectivity index (χ0n) is 25.3. The highest BCUT2D eigenvalue weighted by Gasteiger charge is 2.43. The molecule has 8 heteroatoms. The Hall–Kier alpha value is -4.66. The summed E-state index contributed by atoms with van der Waals surface area (Å²) in [5.74, 6) is -1.84. The summed E-state index contributed by atoms with van der Waals surface area (Å²) in [4.78, 5) is 56.3. The first-order chi connectivity index (χ1) is 21.3. The number of carbonyl (C=O) groups is 4. The highest BCUT2D eigenvalue weighted by atomic mass is 16.2. The van der Waals surface area contributed by atoms with Gasteiger partial charge in [0.05, 0.1) is 22.3 Å². The Labute approximate surface area is 257 Å². The van der Waals surface area contributed by atoms with E-state index in [2.05, 4.69) is 6.92 Å². The van der Waals surface area contributed by atoms with Crippen molar-refractivity contribution in [3.63, 3.8) is 0 Å². The molecule has 0 saturated heterocycles. The summed E-state index contributed by atoms with van der Waals surface area (Å²) in [6.07, 6.45) is 2.77. The molecule has 6 rings (SSSR count). The van der Waals surface area contributed by atoms with Crippen molar-refractivity contribution in [2.75, 3.05) is 6.54 Å². The van der Waals surface area contributed by atoms with Crippen molar-refractivity contribution in [2.24, 2.45) is 0 Å². The van der Waals surface area contributed by atoms with E-state index in [1.807, 2.05) is 79.5 Å². The Morgan fingerprint density at radius 1 is 0.591 bits per heavy atom. The number of hydrazine groups is 2. The van der Waals surface area contributed by atoms with Gasteiger partial charge in [-0.1, -0.05) is 87.4 Å². The molecule has 4 aromatic carbocycles. The van der Waals surface area contributed by atoms with Crippen molar-refractivity contribution in [2.45, 2.75) is 59.2 Å². The fourth-order valence-corrected chi connectivity index (χ4v) is 6.30. The number of benzene rings is 4. The molecule has 0 N–H and O–H groups in total. The number of amides is 4. The van der Waals surface area contributed by atoms with Crippen LogP contribution >= 0.6 is 0 Å². The van der Waals surface area contributed by atoms with Gasteiger partial charge in [0.25, 0.3) is 23.6 Å². The summed E-state index contributed by atoms with van der Waals surface area (Å²) < 4.78 is 0. The molecule has 0 radical (unpaired) electrons. The molecular formula is C36H36N4O4. The summed E-state index contributed by atoms with van der Waals surface area (Å²) in [5.41, 5.74) is 3.19. The highest BCUT2D eigenvalue weighted by molar-refractivity contribution is 6.33. The first kappa shape index (κ1) is 29.4. The minimum absolute atomic E-state index is 0.0844. The van der Waals surface area contributed by atoms with Gasteiger partial charge < -0.3 is 0 Å². The van der Waals surface area contributed by atoms with Crippen LogP contribution in [-0.4, -0.2) is 56.3 Å². The van der Waals surface area contributed by atoms with Gasteiger partial charge in [0, 0.05) is 36.4 Å². The lowest BCUT2D eigenvalue weighted by Crippen LogP contribution is -2.55. The summed E-state index contributed by atoms with van der Waals surface area (Å²) in [7, 11) is 0. The Morgan fingerprint density at radius 2 is 1.02 bits per heavy atom. The van der Waals surface area contributed by atoms with E-state index in [0.717, 1.165) is 30.4 Å². The highest BCUT2D eigenvalue weighted by Crippen LogP contribution is 2.39. The number of carbonyl (C=O) groups excluding carboxylic acids is 4. The third-order valence-electron chi connectivity index (χ3n) is 8.64. The molecule has 224 valence electrons. The van der Waals surface area contributed by atoms with Crippen LogP contribution < -0.4 is 0 Å². The third kappa shape index (κ3) is 5.00. The van der Waals surface area contributed by atoms with E-state index in [9.17, 15) is 19.2 Å². The van der Waals surface area contributed by atoms with Crippen molar-refractivity contribution >= 4 is 34.4 Å². The Morgan fingerprint density at radius 3 is 1.45 bits per heavy atom. The molecule has 2 aliphatic heterocycles. The molecule has 4 aromatic rings. The minimum atomic E-state index is -0.467. The second kappa shape index (κ2) is 12.1. The van der Waals surface area contributed by atoms with Crippen LogP contribution in [0.5, 0.6) is 0 Å². The van der Waals surface area contributed by atoms with Crippen molar-refractivity contribution in [1.29, 1.82) is 0 Å². The number of unbranched alkanes of at least 4 members (excludes halogenated alkanes) is 1. The lowest BCUT2D eigenvalue weighted by Gasteiger charge is -2.41. The zero-order chi connectivity index (χ0) is 31.0. The van der Waals surface area contributed by atoms with E-state index < -0.39 is 23.6 Å². The van der Waals surface area contributed by atoms with Gasteiger partial charge in [-0.3, -0.25) is 19.2 Å². The standard InChI is InChI=1S/C36H36N4O4/c1-4-6-13-24(3)38(23-26-16-11-8-12-17-26)40-35(43)29-20-18-27-31-28(19-21-30(32(29)31)36(40)44)34(42)39(33(27)41)37(5-2)22-25-14-9-7-10-15-25/h7-12,14-21,24H,4-6,13,22-23H2,1-3H3. The van der Waals surface area contributed by atoms with Crippen molar-refractivity contribution < 1.29 is 19.2 Å². The first-order valence-electron chi connectivity index (χ1n) is 15.3. The topological polar surface area (TPSA) is 81.2 Å². The quantitative estimate of drug-likeness (QED) is 0.187. The number of nitrogens with zero attached hydrogens (tertiary/aromatic N) is 4. The van der Waals surface area contributed by atoms with Crippen LogP contribution in [0, 0.1) is 0 Å². The fraction of sp³-hybridized carbons (Fsp3) is 0.278. The largest absolute Gasteiger partial charge is 0.276 e. The van der Waals surface area contributed by atoms with E-state index in [4.69, 9.17) is 0 Å². The smallest absolute Gasteiger partial charge is 0.267 e. The first-order valence-corrected chi connectivity index (χ1v) is 15.3. The van der Waals surface area contributed by atoms with Gasteiger partial charge in [-0.2, -0.15) is 0 Å². The molecule has 0 aromatic heterocycles. The molecule has 2 aliphatic rings. The van der Waals surface area contributed by atoms with Crippen molar-refractivity contribution in [3.8, 4) is 0 Å². The number of hydrogen-bond acceptors (Lipinski definition) is 6. The molecule has 0 fully saturated rings. The second-order valence-corrected chi connectivity index (χ2v) is 11.5. The lowest BCUT2D eigenvalue weighted by atomic mass is 9.86. The van der Waals surface area contributed by atoms with Gasteiger partial charge in [-0.15, -0.1) is 0 Å². The number of imide groups is 2. The van der Waals surface area contributed by atoms with Crippen LogP contribution in [0.15, 0.2) is 84.9 Å². The SMILES string of the molecule is CCCCC(C)N(Cc1ccccc1)N1C(=O)c2ccc3c4c(ccc(c24)C1=O)C(=O)N(N(CC)Cc1ccccc1)C3=O. The maximum atomic E-state index is 14.2. The Kier molecular flexibility index (Phi) is 8.12. The van der Waals surface area contributed by atoms with Crippen LogP contribution in [0.3, 0.4) is 0 Å². The Bertz CT molecular complexity index is 1680. The zero-order valence-corrected chi connectivity index (χ0v) is 25.3. The van der Waals surface area contributed by atoms with E-state index in [-0.39, 0.29) is 6.04 Å². The number of hydrogen-bond donors (Lipinski definition) is 0. The van der Waals surface area contributed by atoms with Crippen LogP contribution in [0.4, 0.5) is 0 Å². The van der Waals surface area contributed by atoms with Gasteiger partial charge in [-0.05, 0) is 48.7 Å². The van der Waals surface area contributed by atoms with Gasteiger partial charge in [0.1, 0.15) is 0 Å². The molecule has 44 heavy (non-hydrogen) atoms. The van der Waals surface area contributed by atoms with Crippen LogP contribution in [-0.2, 0) is 13.1 Å². The number of rotatable bonds is 11. The van der Waals surface area contributed by atoms with Crippen LogP contribution in [0.1, 0.15) is 92.6 Å². The molecular weight excluding hydrogens is 552 g/mol. The summed E-state index contributed by atoms with van der Waals surface area (Å²) in [5, 5.41) is 6.79. The van der Waals surface area contributed by atoms with Crippen molar-refractivity contribution in [3.05, 3.63) is 118 Å². The fourth-order valence-electron chi connectivity index (χ4n) is 6.30. The minimum Gasteiger partial charge on any atom is -0.267 e. The summed E-state index contributed by atoms with van der Waals surface area (Å²) in [6, 6.07) is 25.9. The average molecular weight is 589 g/mol. The molecule has 1 atom stereocenters. The van der Waals surface area contributed by atoms with E-state index in [1.165, 1.54) is 10.0 Å². The van der Waals surface area contributed by atoms with Crippen LogP contribution in [0.25, 0.3) is 10.8 Å². The second-order valence-electron chi connectivity index (χ2n) is 11.5. The summed E-state index contributed by atoms with van der Waals surface area (Å²) >= 11 is 0. The van der Waals surface area contributed by atoms with Gasteiger partial charge in [0.15, 0.2) is 0 Å². The van der Waals surface area contributed by atoms with Gasteiger partial charge >= 0.3 is 0 Å². The molecule has 0 bridgehead atoms. The molecule has 0 spiro atoms. The molecule has 2 heterocycles. The lowest BCUT2D eigenvalue weighted by molar-refractivity contribution is -0.0291. The van der Waals surface area contributed by atoms with Crippen molar-refractivity contribution in [1.82, 2.24) is 20.0 Å². The summed E-state index contributed by atoms with van der Waals surface area (Å²) in [6.45, 7) is 7.25. The molecule has 0 saturated carbocycles. The van der Waals surface area contributed by atoms with E-state index >= 15 is 0 Å². The van der Waals surface area contributed by atoms with Gasteiger partial charge in [-0.25, -0.2) is 20.0 Å². The predicted molar refractivity (Wildman–Crippen MR) is 168 cm³/mol. The predicted octanol–water partition coefficient (Wildman–Crippen LogP) is 6.46. The normalized spacial score (nSPS) is 15.2. The maximum Gasteiger partial charge on any atom is 0.276 e. The monoisotopic (exact) mass is 588 g/mol. The molecule has 1 unspecified atom stereocenters. The Balaban J connectivity index is 1.41. The maximum absolute atomic E-state index is 14.2. The average Bonchev–Trinajstić information content (AvgIpc) is 3.05. The third-order valence-corrected chi connectivity index (χ3v) is 8.64. The van der Waals surface area contributed by atoms with Crippen LogP contribution in [0.2, 0.25) is 0 Å². The molecule has 8 nitrogen and oxygen atoms in total. The van der Waals surface area contributed by atoms with E-state index in [1.54, 1.807) is 29.3 Å². The van der Waals surface area contributed by atoms with Gasteiger partial charge in [0.2, 0.25) is 0 Å².